The highest BCUT2D eigenvalue weighted by molar-refractivity contribution is 5.80. The van der Waals surface area contributed by atoms with Gasteiger partial charge < -0.3 is 9.84 Å². The fourth-order valence-corrected chi connectivity index (χ4v) is 2.28. The molecule has 0 aliphatic carbocycles. The van der Waals surface area contributed by atoms with Crippen molar-refractivity contribution in [2.75, 3.05) is 6.61 Å². The van der Waals surface area contributed by atoms with Gasteiger partial charge in [-0.3, -0.25) is 0 Å². The largest absolute Gasteiger partial charge is 0.456 e. The maximum absolute atomic E-state index is 12.3. The van der Waals surface area contributed by atoms with E-state index in [1.54, 1.807) is 0 Å². The van der Waals surface area contributed by atoms with Gasteiger partial charge in [-0.25, -0.2) is 4.79 Å². The molecule has 0 saturated carbocycles. The summed E-state index contributed by atoms with van der Waals surface area (Å²) in [5, 5.41) is 8.89. The summed E-state index contributed by atoms with van der Waals surface area (Å²) in [6, 6.07) is 0. The first-order chi connectivity index (χ1) is 9.54. The smallest absolute Gasteiger partial charge is 0.373 e. The molecule has 0 spiro atoms. The molecular weight excluding hydrogens is 272 g/mol. The Morgan fingerprint density at radius 3 is 2.19 bits per heavy atom. The number of aliphatic hydroxyl groups excluding tert-OH is 1. The quantitative estimate of drug-likeness (QED) is 0.423. The lowest BCUT2D eigenvalue weighted by Gasteiger charge is -2.29. The van der Waals surface area contributed by atoms with Crippen molar-refractivity contribution < 1.29 is 24.4 Å². The van der Waals surface area contributed by atoms with Crippen LogP contribution in [0.4, 0.5) is 0 Å². The predicted molar refractivity (Wildman–Crippen MR) is 79.2 cm³/mol. The molecule has 1 N–H and O–H groups in total. The van der Waals surface area contributed by atoms with Gasteiger partial charge in [-0.1, -0.05) is 34.1 Å². The van der Waals surface area contributed by atoms with Crippen LogP contribution in [-0.4, -0.2) is 29.1 Å². The van der Waals surface area contributed by atoms with E-state index in [1.165, 1.54) is 0 Å². The van der Waals surface area contributed by atoms with Crippen molar-refractivity contribution >= 4 is 5.97 Å². The number of hydrogen-bond acceptors (Lipinski definition) is 5. The van der Waals surface area contributed by atoms with E-state index in [0.717, 1.165) is 25.7 Å². The highest BCUT2D eigenvalue weighted by Crippen LogP contribution is 2.47. The predicted octanol–water partition coefficient (Wildman–Crippen LogP) is 3.20. The van der Waals surface area contributed by atoms with E-state index in [0.29, 0.717) is 5.92 Å². The Labute approximate surface area is 127 Å². The molecule has 0 radical (unpaired) electrons. The number of esters is 1. The summed E-state index contributed by atoms with van der Waals surface area (Å²) < 4.78 is 5.60. The fourth-order valence-electron chi connectivity index (χ4n) is 2.28. The van der Waals surface area contributed by atoms with Gasteiger partial charge >= 0.3 is 11.8 Å². The number of carbonyl (C=O) groups is 1. The summed E-state index contributed by atoms with van der Waals surface area (Å²) >= 11 is 0. The van der Waals surface area contributed by atoms with Gasteiger partial charge in [0.1, 0.15) is 5.60 Å². The molecule has 1 atom stereocenters. The van der Waals surface area contributed by atoms with Crippen LogP contribution in [-0.2, 0) is 19.3 Å². The van der Waals surface area contributed by atoms with Crippen LogP contribution in [0.5, 0.6) is 0 Å². The van der Waals surface area contributed by atoms with Crippen molar-refractivity contribution in [3.63, 3.8) is 0 Å². The highest BCUT2D eigenvalue weighted by Gasteiger charge is 2.67. The molecular formula is C16H30O5. The van der Waals surface area contributed by atoms with Crippen LogP contribution >= 0.6 is 0 Å². The van der Waals surface area contributed by atoms with Gasteiger partial charge in [0.05, 0.1) is 0 Å². The SMILES string of the molecule is CC(CCO)CCCC(C)(C)OC(=O)C1(C(C)(C)C)OO1. The van der Waals surface area contributed by atoms with Gasteiger partial charge in [0.2, 0.25) is 0 Å². The normalized spacial score (nSPS) is 19.2. The van der Waals surface area contributed by atoms with E-state index in [-0.39, 0.29) is 6.61 Å². The molecule has 1 aliphatic heterocycles. The second-order valence-electron chi connectivity index (χ2n) is 7.69. The minimum absolute atomic E-state index is 0.225. The van der Waals surface area contributed by atoms with Crippen molar-refractivity contribution in [1.29, 1.82) is 0 Å². The molecule has 124 valence electrons. The van der Waals surface area contributed by atoms with Crippen LogP contribution in [0.2, 0.25) is 0 Å². The third kappa shape index (κ3) is 4.94. The van der Waals surface area contributed by atoms with Crippen LogP contribution < -0.4 is 0 Å². The van der Waals surface area contributed by atoms with Crippen molar-refractivity contribution in [2.45, 2.75) is 78.6 Å². The summed E-state index contributed by atoms with van der Waals surface area (Å²) in [5.41, 5.74) is -1.01. The van der Waals surface area contributed by atoms with Gasteiger partial charge in [-0.05, 0) is 39.0 Å². The maximum Gasteiger partial charge on any atom is 0.373 e. The van der Waals surface area contributed by atoms with E-state index in [1.807, 2.05) is 34.6 Å². The Balaban J connectivity index is 2.44. The lowest BCUT2D eigenvalue weighted by atomic mass is 9.86. The van der Waals surface area contributed by atoms with Crippen molar-refractivity contribution in [3.8, 4) is 0 Å². The summed E-state index contributed by atoms with van der Waals surface area (Å²) in [6.07, 6.45) is 3.55. The standard InChI is InChI=1S/C16H30O5/c1-12(9-11-17)8-7-10-15(5,6)19-13(18)16(20-21-16)14(2,3)4/h12,17H,7-11H2,1-6H3. The summed E-state index contributed by atoms with van der Waals surface area (Å²) in [7, 11) is 0. The summed E-state index contributed by atoms with van der Waals surface area (Å²) in [4.78, 5) is 22.2. The third-order valence-electron chi connectivity index (χ3n) is 3.97. The van der Waals surface area contributed by atoms with Crippen LogP contribution in [0.25, 0.3) is 0 Å². The second-order valence-corrected chi connectivity index (χ2v) is 7.69. The number of ether oxygens (including phenoxy) is 1. The molecule has 1 saturated heterocycles. The molecule has 0 aromatic rings. The van der Waals surface area contributed by atoms with Crippen LogP contribution in [0.3, 0.4) is 0 Å². The van der Waals surface area contributed by atoms with Crippen LogP contribution in [0.15, 0.2) is 0 Å². The Morgan fingerprint density at radius 1 is 1.19 bits per heavy atom. The molecule has 0 aromatic carbocycles. The molecule has 5 heteroatoms. The van der Waals surface area contributed by atoms with Crippen molar-refractivity contribution in [1.82, 2.24) is 0 Å². The average Bonchev–Trinajstić information content (AvgIpc) is 3.08. The van der Waals surface area contributed by atoms with Gasteiger partial charge in [0.15, 0.2) is 0 Å². The molecule has 0 amide bonds. The zero-order valence-electron chi connectivity index (χ0n) is 14.2. The number of hydrogen-bond donors (Lipinski definition) is 1. The molecule has 21 heavy (non-hydrogen) atoms. The molecule has 0 bridgehead atoms. The van der Waals surface area contributed by atoms with E-state index in [4.69, 9.17) is 19.6 Å². The fraction of sp³-hybridized carbons (Fsp3) is 0.938. The van der Waals surface area contributed by atoms with E-state index < -0.39 is 22.8 Å². The van der Waals surface area contributed by atoms with Gasteiger partial charge in [0.25, 0.3) is 0 Å². The van der Waals surface area contributed by atoms with Crippen molar-refractivity contribution in [3.05, 3.63) is 0 Å². The minimum Gasteiger partial charge on any atom is -0.456 e. The minimum atomic E-state index is -1.26. The number of rotatable bonds is 8. The Morgan fingerprint density at radius 2 is 1.76 bits per heavy atom. The first-order valence-corrected chi connectivity index (χ1v) is 7.75. The van der Waals surface area contributed by atoms with E-state index >= 15 is 0 Å². The summed E-state index contributed by atoms with van der Waals surface area (Å²) in [5.74, 6) is -1.23. The molecule has 1 unspecified atom stereocenters. The molecule has 1 fully saturated rings. The highest BCUT2D eigenvalue weighted by atomic mass is 17.4. The molecule has 0 aromatic heterocycles. The first-order valence-electron chi connectivity index (χ1n) is 7.75. The second kappa shape index (κ2) is 6.63. The van der Waals surface area contributed by atoms with Crippen LogP contribution in [0.1, 0.15) is 67.2 Å². The Bertz CT molecular complexity index is 352. The molecule has 1 rings (SSSR count). The number of carbonyl (C=O) groups excluding carboxylic acids is 1. The first kappa shape index (κ1) is 18.4. The zero-order valence-corrected chi connectivity index (χ0v) is 14.2. The van der Waals surface area contributed by atoms with Gasteiger partial charge in [-0.15, -0.1) is 0 Å². The average molecular weight is 302 g/mol. The molecule has 5 nitrogen and oxygen atoms in total. The summed E-state index contributed by atoms with van der Waals surface area (Å²) in [6.45, 7) is 11.8. The Hall–Kier alpha value is -0.650. The number of aliphatic hydroxyl groups is 1. The lowest BCUT2D eigenvalue weighted by Crippen LogP contribution is -2.43. The zero-order chi connectivity index (χ0) is 16.3. The maximum atomic E-state index is 12.3. The molecule has 1 aliphatic rings. The Kier molecular flexibility index (Phi) is 5.81. The van der Waals surface area contributed by atoms with E-state index in [9.17, 15) is 4.79 Å². The van der Waals surface area contributed by atoms with Gasteiger partial charge in [-0.2, -0.15) is 9.78 Å². The topological polar surface area (TPSA) is 71.6 Å². The lowest BCUT2D eigenvalue weighted by molar-refractivity contribution is -0.170. The van der Waals surface area contributed by atoms with E-state index in [2.05, 4.69) is 6.92 Å². The third-order valence-corrected chi connectivity index (χ3v) is 3.97. The van der Waals surface area contributed by atoms with Crippen molar-refractivity contribution in [2.24, 2.45) is 11.3 Å². The van der Waals surface area contributed by atoms with Crippen LogP contribution in [0, 0.1) is 11.3 Å². The monoisotopic (exact) mass is 302 g/mol. The molecule has 1 heterocycles. The van der Waals surface area contributed by atoms with Gasteiger partial charge in [0, 0.05) is 12.0 Å².